The molecular formula is C14H20ClN. The number of allylic oxidation sites excluding steroid dienone is 1. The molecule has 0 aliphatic carbocycles. The van der Waals surface area contributed by atoms with Gasteiger partial charge in [-0.3, -0.25) is 0 Å². The van der Waals surface area contributed by atoms with Crippen molar-refractivity contribution in [2.24, 2.45) is 0 Å². The molecule has 1 rings (SSSR count). The van der Waals surface area contributed by atoms with E-state index in [9.17, 15) is 0 Å². The number of halogens is 1. The topological polar surface area (TPSA) is 12.0 Å². The number of benzene rings is 1. The fraction of sp³-hybridized carbons (Fsp3) is 0.429. The Balaban J connectivity index is 2.55. The van der Waals surface area contributed by atoms with Gasteiger partial charge in [0.05, 0.1) is 0 Å². The summed E-state index contributed by atoms with van der Waals surface area (Å²) in [4.78, 5) is 0. The molecule has 1 aromatic carbocycles. The Morgan fingerprint density at radius 2 is 2.06 bits per heavy atom. The van der Waals surface area contributed by atoms with E-state index in [0.717, 1.165) is 23.4 Å². The molecule has 0 amide bonds. The molecule has 0 saturated heterocycles. The molecule has 0 fully saturated rings. The summed E-state index contributed by atoms with van der Waals surface area (Å²) in [5.41, 5.74) is 1.16. The summed E-state index contributed by atoms with van der Waals surface area (Å²) in [5, 5.41) is 4.37. The second kappa shape index (κ2) is 6.72. The van der Waals surface area contributed by atoms with Gasteiger partial charge in [-0.15, -0.1) is 6.58 Å². The highest BCUT2D eigenvalue weighted by Crippen LogP contribution is 2.22. The highest BCUT2D eigenvalue weighted by molar-refractivity contribution is 6.31. The average molecular weight is 238 g/mol. The fourth-order valence-electron chi connectivity index (χ4n) is 1.79. The van der Waals surface area contributed by atoms with E-state index >= 15 is 0 Å². The van der Waals surface area contributed by atoms with E-state index in [0.29, 0.717) is 6.04 Å². The van der Waals surface area contributed by atoms with Gasteiger partial charge in [0.25, 0.3) is 0 Å². The Kier molecular flexibility index (Phi) is 5.58. The second-order valence-electron chi connectivity index (χ2n) is 4.18. The second-order valence-corrected chi connectivity index (χ2v) is 4.58. The lowest BCUT2D eigenvalue weighted by atomic mass is 10.1. The Labute approximate surface area is 104 Å². The van der Waals surface area contributed by atoms with Crippen LogP contribution in [0.5, 0.6) is 0 Å². The Morgan fingerprint density at radius 3 is 2.69 bits per heavy atom. The van der Waals surface area contributed by atoms with Gasteiger partial charge in [-0.2, -0.15) is 0 Å². The van der Waals surface area contributed by atoms with E-state index in [-0.39, 0.29) is 6.04 Å². The maximum absolute atomic E-state index is 6.15. The molecule has 1 nitrogen and oxygen atoms in total. The van der Waals surface area contributed by atoms with Crippen LogP contribution in [0.4, 0.5) is 0 Å². The molecule has 0 spiro atoms. The van der Waals surface area contributed by atoms with Crippen molar-refractivity contribution in [2.75, 3.05) is 0 Å². The minimum atomic E-state index is 0.286. The standard InChI is InChI=1S/C14H20ClN/c1-4-5-8-11(2)16-12(3)13-9-6-7-10-14(13)15/h4,6-7,9-12,16H,1,5,8H2,2-3H3. The Morgan fingerprint density at radius 1 is 1.38 bits per heavy atom. The lowest BCUT2D eigenvalue weighted by Crippen LogP contribution is -2.28. The fourth-order valence-corrected chi connectivity index (χ4v) is 2.09. The first-order valence-corrected chi connectivity index (χ1v) is 6.14. The first-order chi connectivity index (χ1) is 7.65. The van der Waals surface area contributed by atoms with Gasteiger partial charge >= 0.3 is 0 Å². The number of hydrogen-bond donors (Lipinski definition) is 1. The van der Waals surface area contributed by atoms with Crippen molar-refractivity contribution in [3.05, 3.63) is 47.5 Å². The van der Waals surface area contributed by atoms with E-state index in [1.807, 2.05) is 24.3 Å². The first kappa shape index (κ1) is 13.3. The lowest BCUT2D eigenvalue weighted by molar-refractivity contribution is 0.459. The first-order valence-electron chi connectivity index (χ1n) is 5.76. The smallest absolute Gasteiger partial charge is 0.0453 e. The van der Waals surface area contributed by atoms with Crippen LogP contribution < -0.4 is 5.32 Å². The van der Waals surface area contributed by atoms with Crippen molar-refractivity contribution >= 4 is 11.6 Å². The summed E-state index contributed by atoms with van der Waals surface area (Å²) in [5.74, 6) is 0. The van der Waals surface area contributed by atoms with Gasteiger partial charge < -0.3 is 5.32 Å². The summed E-state index contributed by atoms with van der Waals surface area (Å²) in [7, 11) is 0. The zero-order valence-electron chi connectivity index (χ0n) is 10.0. The summed E-state index contributed by atoms with van der Waals surface area (Å²) in [6, 6.07) is 8.75. The van der Waals surface area contributed by atoms with Crippen molar-refractivity contribution < 1.29 is 0 Å². The lowest BCUT2D eigenvalue weighted by Gasteiger charge is -2.20. The summed E-state index contributed by atoms with van der Waals surface area (Å²) in [6.07, 6.45) is 4.11. The van der Waals surface area contributed by atoms with Crippen LogP contribution in [0.15, 0.2) is 36.9 Å². The zero-order valence-corrected chi connectivity index (χ0v) is 10.8. The van der Waals surface area contributed by atoms with Crippen LogP contribution in [0.1, 0.15) is 38.3 Å². The zero-order chi connectivity index (χ0) is 12.0. The highest BCUT2D eigenvalue weighted by atomic mass is 35.5. The molecule has 1 N–H and O–H groups in total. The van der Waals surface area contributed by atoms with Gasteiger partial charge in [0.15, 0.2) is 0 Å². The maximum atomic E-state index is 6.15. The molecule has 0 saturated carbocycles. The quantitative estimate of drug-likeness (QED) is 0.726. The van der Waals surface area contributed by atoms with Gasteiger partial charge in [0.2, 0.25) is 0 Å². The van der Waals surface area contributed by atoms with Gasteiger partial charge in [-0.25, -0.2) is 0 Å². The van der Waals surface area contributed by atoms with Crippen LogP contribution in [0.3, 0.4) is 0 Å². The SMILES string of the molecule is C=CCCC(C)NC(C)c1ccccc1Cl. The molecule has 2 atom stereocenters. The normalized spacial score (nSPS) is 14.4. The van der Waals surface area contributed by atoms with Crippen molar-refractivity contribution in [3.63, 3.8) is 0 Å². The van der Waals surface area contributed by atoms with Crippen LogP contribution in [-0.2, 0) is 0 Å². The third-order valence-corrected chi connectivity index (χ3v) is 3.05. The minimum Gasteiger partial charge on any atom is -0.308 e. The van der Waals surface area contributed by atoms with Gasteiger partial charge in [0.1, 0.15) is 0 Å². The average Bonchev–Trinajstić information content (AvgIpc) is 2.26. The predicted molar refractivity (Wildman–Crippen MR) is 71.9 cm³/mol. The van der Waals surface area contributed by atoms with Crippen LogP contribution in [0.25, 0.3) is 0 Å². The Hall–Kier alpha value is -0.790. The third-order valence-electron chi connectivity index (χ3n) is 2.71. The summed E-state index contributed by atoms with van der Waals surface area (Å²) >= 11 is 6.15. The minimum absolute atomic E-state index is 0.286. The number of nitrogens with one attached hydrogen (secondary N) is 1. The summed E-state index contributed by atoms with van der Waals surface area (Å²) in [6.45, 7) is 8.07. The largest absolute Gasteiger partial charge is 0.308 e. The van der Waals surface area contributed by atoms with Crippen LogP contribution in [0.2, 0.25) is 5.02 Å². The van der Waals surface area contributed by atoms with Crippen molar-refractivity contribution in [1.82, 2.24) is 5.32 Å². The third kappa shape index (κ3) is 3.99. The molecule has 16 heavy (non-hydrogen) atoms. The van der Waals surface area contributed by atoms with E-state index in [2.05, 4.69) is 31.8 Å². The highest BCUT2D eigenvalue weighted by Gasteiger charge is 2.11. The predicted octanol–water partition coefficient (Wildman–Crippen LogP) is 4.35. The van der Waals surface area contributed by atoms with Crippen LogP contribution in [-0.4, -0.2) is 6.04 Å². The number of hydrogen-bond acceptors (Lipinski definition) is 1. The van der Waals surface area contributed by atoms with Gasteiger partial charge in [-0.1, -0.05) is 35.9 Å². The van der Waals surface area contributed by atoms with Crippen molar-refractivity contribution in [3.8, 4) is 0 Å². The molecular weight excluding hydrogens is 218 g/mol. The van der Waals surface area contributed by atoms with Crippen LogP contribution in [0, 0.1) is 0 Å². The molecule has 0 bridgehead atoms. The monoisotopic (exact) mass is 237 g/mol. The molecule has 88 valence electrons. The van der Waals surface area contributed by atoms with Crippen molar-refractivity contribution in [1.29, 1.82) is 0 Å². The van der Waals surface area contributed by atoms with E-state index in [4.69, 9.17) is 11.6 Å². The van der Waals surface area contributed by atoms with E-state index < -0.39 is 0 Å². The molecule has 0 heterocycles. The number of rotatable bonds is 6. The summed E-state index contributed by atoms with van der Waals surface area (Å²) < 4.78 is 0. The molecule has 0 aromatic heterocycles. The molecule has 1 aromatic rings. The van der Waals surface area contributed by atoms with Gasteiger partial charge in [0, 0.05) is 17.1 Å². The molecule has 2 unspecified atom stereocenters. The van der Waals surface area contributed by atoms with Gasteiger partial charge in [-0.05, 0) is 38.3 Å². The molecule has 0 aliphatic heterocycles. The molecule has 2 heteroatoms. The van der Waals surface area contributed by atoms with E-state index in [1.54, 1.807) is 0 Å². The molecule has 0 radical (unpaired) electrons. The van der Waals surface area contributed by atoms with Crippen molar-refractivity contribution in [2.45, 2.75) is 38.8 Å². The van der Waals surface area contributed by atoms with E-state index in [1.165, 1.54) is 0 Å². The Bertz CT molecular complexity index is 335. The maximum Gasteiger partial charge on any atom is 0.0453 e. The molecule has 0 aliphatic rings. The van der Waals surface area contributed by atoms with Crippen LogP contribution >= 0.6 is 11.6 Å².